The van der Waals surface area contributed by atoms with Crippen LogP contribution in [0.4, 0.5) is 20.2 Å². The fourth-order valence-electron chi connectivity index (χ4n) is 2.91. The minimum atomic E-state index is -0.844. The van der Waals surface area contributed by atoms with E-state index in [4.69, 9.17) is 4.74 Å². The summed E-state index contributed by atoms with van der Waals surface area (Å²) in [6.07, 6.45) is 1.92. The van der Waals surface area contributed by atoms with Gasteiger partial charge in [0.15, 0.2) is 0 Å². The number of methoxy groups -OCH3 is 1. The molecule has 1 atom stereocenters. The highest BCUT2D eigenvalue weighted by molar-refractivity contribution is 6.43. The largest absolute Gasteiger partial charge is 0.481 e. The van der Waals surface area contributed by atoms with Crippen molar-refractivity contribution in [2.45, 2.75) is 12.5 Å². The van der Waals surface area contributed by atoms with Crippen LogP contribution in [0.15, 0.2) is 35.6 Å². The number of carbonyl (C=O) groups excluding carboxylic acids is 1. The first-order chi connectivity index (χ1) is 12.9. The second-order valence-corrected chi connectivity index (χ2v) is 5.95. The molecule has 27 heavy (non-hydrogen) atoms. The van der Waals surface area contributed by atoms with Crippen LogP contribution in [0.1, 0.15) is 18.0 Å². The second kappa shape index (κ2) is 7.56. The molecule has 1 aliphatic rings. The second-order valence-electron chi connectivity index (χ2n) is 5.95. The summed E-state index contributed by atoms with van der Waals surface area (Å²) >= 11 is 0. The first-order valence-corrected chi connectivity index (χ1v) is 8.22. The fourth-order valence-corrected chi connectivity index (χ4v) is 2.91. The minimum Gasteiger partial charge on any atom is -0.481 e. The van der Waals surface area contributed by atoms with Crippen molar-refractivity contribution >= 4 is 23.0 Å². The van der Waals surface area contributed by atoms with Gasteiger partial charge in [0.2, 0.25) is 5.88 Å². The van der Waals surface area contributed by atoms with Gasteiger partial charge in [0.25, 0.3) is 5.91 Å². The lowest BCUT2D eigenvalue weighted by molar-refractivity contribution is -0.110. The molecule has 1 amide bonds. The number of anilines is 2. The Hall–Kier alpha value is -3.23. The molecule has 0 spiro atoms. The van der Waals surface area contributed by atoms with Crippen molar-refractivity contribution < 1.29 is 18.3 Å². The number of aromatic nitrogens is 1. The predicted molar refractivity (Wildman–Crippen MR) is 97.9 cm³/mol. The number of hydrogen-bond acceptors (Lipinski definition) is 6. The molecular weight excluding hydrogens is 356 g/mol. The van der Waals surface area contributed by atoms with Crippen LogP contribution in [-0.2, 0) is 4.79 Å². The Bertz CT molecular complexity index is 883. The molecule has 2 aromatic rings. The molecule has 2 heterocycles. The molecule has 1 aromatic carbocycles. The van der Waals surface area contributed by atoms with Crippen molar-refractivity contribution in [3.05, 3.63) is 47.7 Å². The lowest BCUT2D eigenvalue weighted by atomic mass is 10.0. The number of amides is 1. The van der Waals surface area contributed by atoms with Gasteiger partial charge in [-0.2, -0.15) is 5.10 Å². The molecule has 3 rings (SSSR count). The van der Waals surface area contributed by atoms with Crippen molar-refractivity contribution in [1.82, 2.24) is 9.99 Å². The van der Waals surface area contributed by atoms with Crippen LogP contribution >= 0.6 is 0 Å². The van der Waals surface area contributed by atoms with Gasteiger partial charge in [-0.3, -0.25) is 9.80 Å². The summed E-state index contributed by atoms with van der Waals surface area (Å²) in [5, 5.41) is 11.2. The summed E-state index contributed by atoms with van der Waals surface area (Å²) in [6.45, 7) is 0. The number of hydrazone groups is 1. The van der Waals surface area contributed by atoms with Crippen molar-refractivity contribution in [3.63, 3.8) is 0 Å². The number of hydrogen-bond donors (Lipinski definition) is 2. The summed E-state index contributed by atoms with van der Waals surface area (Å²) in [6, 6.07) is 4.87. The van der Waals surface area contributed by atoms with Gasteiger partial charge < -0.3 is 15.4 Å². The van der Waals surface area contributed by atoms with E-state index < -0.39 is 23.2 Å². The van der Waals surface area contributed by atoms with Crippen molar-refractivity contribution in [3.8, 4) is 5.88 Å². The molecule has 1 aliphatic heterocycles. The van der Waals surface area contributed by atoms with Gasteiger partial charge in [-0.15, -0.1) is 0 Å². The smallest absolute Gasteiger partial charge is 0.272 e. The Morgan fingerprint density at radius 1 is 1.33 bits per heavy atom. The van der Waals surface area contributed by atoms with Crippen LogP contribution in [-0.4, -0.2) is 42.8 Å². The van der Waals surface area contributed by atoms with E-state index in [2.05, 4.69) is 20.7 Å². The highest BCUT2D eigenvalue weighted by Gasteiger charge is 2.31. The number of pyridine rings is 1. The Balaban J connectivity index is 1.80. The Morgan fingerprint density at radius 3 is 2.67 bits per heavy atom. The average molecular weight is 375 g/mol. The van der Waals surface area contributed by atoms with Crippen LogP contribution in [0.3, 0.4) is 0 Å². The summed E-state index contributed by atoms with van der Waals surface area (Å²) in [5.74, 6) is -1.88. The molecular formula is C18H19F2N5O2. The van der Waals surface area contributed by atoms with E-state index in [-0.39, 0.29) is 18.2 Å². The highest BCUT2D eigenvalue weighted by Crippen LogP contribution is 2.35. The first-order valence-electron chi connectivity index (χ1n) is 8.22. The van der Waals surface area contributed by atoms with E-state index in [9.17, 15) is 13.6 Å². The van der Waals surface area contributed by atoms with Gasteiger partial charge in [0, 0.05) is 44.0 Å². The molecule has 0 saturated heterocycles. The monoisotopic (exact) mass is 375 g/mol. The van der Waals surface area contributed by atoms with E-state index in [1.807, 2.05) is 0 Å². The topological polar surface area (TPSA) is 78.8 Å². The van der Waals surface area contributed by atoms with E-state index in [0.29, 0.717) is 5.88 Å². The van der Waals surface area contributed by atoms with E-state index in [0.717, 1.165) is 23.4 Å². The lowest BCUT2D eigenvalue weighted by Gasteiger charge is -2.21. The van der Waals surface area contributed by atoms with Crippen LogP contribution in [0, 0.1) is 11.6 Å². The highest BCUT2D eigenvalue weighted by atomic mass is 19.1. The van der Waals surface area contributed by atoms with E-state index in [1.165, 1.54) is 13.2 Å². The number of ether oxygens (including phenoxy) is 1. The van der Waals surface area contributed by atoms with Gasteiger partial charge >= 0.3 is 0 Å². The SMILES string of the molecule is CNc1cc(OC)ncc1C1CC(C(=O)Nc2c(F)cccc2F)=NN1C. The molecule has 142 valence electrons. The third-order valence-electron chi connectivity index (χ3n) is 4.33. The number of nitrogens with zero attached hydrogens (tertiary/aromatic N) is 3. The van der Waals surface area contributed by atoms with E-state index >= 15 is 0 Å². The minimum absolute atomic E-state index is 0.169. The molecule has 0 saturated carbocycles. The standard InChI is InChI=1S/C18H19F2N5O2/c1-21-13-8-16(27-3)22-9-10(13)15-7-14(24-25(15)2)18(26)23-17-11(19)5-4-6-12(17)20/h4-6,8-9,15H,7H2,1-3H3,(H,21,22)(H,23,26). The molecule has 0 radical (unpaired) electrons. The molecule has 2 N–H and O–H groups in total. The normalized spacial score (nSPS) is 16.1. The van der Waals surface area contributed by atoms with Gasteiger partial charge in [-0.25, -0.2) is 13.8 Å². The van der Waals surface area contributed by atoms with Crippen LogP contribution < -0.4 is 15.4 Å². The van der Waals surface area contributed by atoms with Gasteiger partial charge in [0.05, 0.1) is 13.2 Å². The van der Waals surface area contributed by atoms with Crippen LogP contribution in [0.2, 0.25) is 0 Å². The fraction of sp³-hybridized carbons (Fsp3) is 0.278. The molecule has 1 unspecified atom stereocenters. The molecule has 7 nitrogen and oxygen atoms in total. The summed E-state index contributed by atoms with van der Waals surface area (Å²) in [7, 11) is 5.01. The molecule has 0 fully saturated rings. The Labute approximate surface area is 155 Å². The maximum atomic E-state index is 13.8. The van der Waals surface area contributed by atoms with Gasteiger partial charge in [-0.1, -0.05) is 6.07 Å². The maximum Gasteiger partial charge on any atom is 0.272 e. The quantitative estimate of drug-likeness (QED) is 0.840. The number of carbonyl (C=O) groups is 1. The maximum absolute atomic E-state index is 13.8. The van der Waals surface area contributed by atoms with Crippen LogP contribution in [0.5, 0.6) is 5.88 Å². The van der Waals surface area contributed by atoms with E-state index in [1.54, 1.807) is 31.4 Å². The third-order valence-corrected chi connectivity index (χ3v) is 4.33. The predicted octanol–water partition coefficient (Wildman–Crippen LogP) is 2.78. The number of para-hydroxylation sites is 1. The Morgan fingerprint density at radius 2 is 2.04 bits per heavy atom. The van der Waals surface area contributed by atoms with Gasteiger partial charge in [0.1, 0.15) is 23.0 Å². The molecule has 9 heteroatoms. The summed E-state index contributed by atoms with van der Waals surface area (Å²) in [4.78, 5) is 16.6. The zero-order valence-corrected chi connectivity index (χ0v) is 15.1. The average Bonchev–Trinajstić information content (AvgIpc) is 3.05. The first kappa shape index (κ1) is 18.6. The summed E-state index contributed by atoms with van der Waals surface area (Å²) in [5.41, 5.74) is 1.29. The van der Waals surface area contributed by atoms with Crippen molar-refractivity contribution in [2.24, 2.45) is 5.10 Å². The van der Waals surface area contributed by atoms with Crippen molar-refractivity contribution in [2.75, 3.05) is 31.8 Å². The lowest BCUT2D eigenvalue weighted by Crippen LogP contribution is -2.23. The number of benzene rings is 1. The van der Waals surface area contributed by atoms with Gasteiger partial charge in [-0.05, 0) is 12.1 Å². The zero-order valence-electron chi connectivity index (χ0n) is 15.1. The zero-order chi connectivity index (χ0) is 19.6. The number of nitrogens with one attached hydrogen (secondary N) is 2. The summed E-state index contributed by atoms with van der Waals surface area (Å²) < 4.78 is 32.6. The van der Waals surface area contributed by atoms with Crippen LogP contribution in [0.25, 0.3) is 0 Å². The molecule has 0 aliphatic carbocycles. The molecule has 0 bridgehead atoms. The Kier molecular flexibility index (Phi) is 5.20. The number of halogens is 2. The molecule has 1 aromatic heterocycles. The third kappa shape index (κ3) is 3.67. The number of rotatable bonds is 5. The van der Waals surface area contributed by atoms with Crippen molar-refractivity contribution in [1.29, 1.82) is 0 Å².